The van der Waals surface area contributed by atoms with Gasteiger partial charge < -0.3 is 0 Å². The van der Waals surface area contributed by atoms with Crippen molar-refractivity contribution < 1.29 is 4.79 Å². The average Bonchev–Trinajstić information content (AvgIpc) is 3.29. The van der Waals surface area contributed by atoms with E-state index in [4.69, 9.17) is 15.0 Å². The van der Waals surface area contributed by atoms with Gasteiger partial charge in [0.25, 0.3) is 5.91 Å². The zero-order valence-electron chi connectivity index (χ0n) is 19.7. The van der Waals surface area contributed by atoms with Crippen molar-refractivity contribution in [2.75, 3.05) is 0 Å². The van der Waals surface area contributed by atoms with Gasteiger partial charge in [0.05, 0.1) is 27.6 Å². The molecular weight excluding hydrogens is 512 g/mol. The fraction of sp³-hybridized carbons (Fsp3) is 0.0667. The molecule has 4 aromatic carbocycles. The Morgan fingerprint density at radius 3 is 2.03 bits per heavy atom. The highest BCUT2D eigenvalue weighted by molar-refractivity contribution is 9.10. The number of imidazole rings is 1. The quantitative estimate of drug-likeness (QED) is 0.238. The van der Waals surface area contributed by atoms with Crippen molar-refractivity contribution in [1.82, 2.24) is 19.5 Å². The number of benzene rings is 4. The van der Waals surface area contributed by atoms with E-state index in [9.17, 15) is 4.79 Å². The van der Waals surface area contributed by atoms with Crippen LogP contribution in [0.4, 0.5) is 0 Å². The summed E-state index contributed by atoms with van der Waals surface area (Å²) in [6.45, 7) is 4.13. The number of hydrogen-bond acceptors (Lipinski definition) is 4. The van der Waals surface area contributed by atoms with Crippen molar-refractivity contribution in [3.8, 4) is 22.8 Å². The molecule has 0 aliphatic rings. The topological polar surface area (TPSA) is 60.7 Å². The number of halogens is 1. The molecule has 2 heterocycles. The van der Waals surface area contributed by atoms with Gasteiger partial charge in [-0.05, 0) is 77.3 Å². The first-order valence-corrected chi connectivity index (χ1v) is 12.4. The smallest absolute Gasteiger partial charge is 0.265 e. The normalized spacial score (nSPS) is 11.3. The lowest BCUT2D eigenvalue weighted by Gasteiger charge is -2.13. The number of carbonyl (C=O) groups excluding carboxylic acids is 1. The van der Waals surface area contributed by atoms with Gasteiger partial charge in [0, 0.05) is 10.0 Å². The molecule has 6 aromatic rings. The van der Waals surface area contributed by atoms with Gasteiger partial charge >= 0.3 is 0 Å². The second-order valence-corrected chi connectivity index (χ2v) is 9.61. The number of para-hydroxylation sites is 2. The average molecular weight is 533 g/mol. The molecule has 5 nitrogen and oxygen atoms in total. The summed E-state index contributed by atoms with van der Waals surface area (Å²) in [4.78, 5) is 29.0. The Labute approximate surface area is 216 Å². The molecule has 6 rings (SSSR count). The Morgan fingerprint density at radius 2 is 1.31 bits per heavy atom. The Balaban J connectivity index is 1.71. The summed E-state index contributed by atoms with van der Waals surface area (Å²) >= 11 is 3.54. The van der Waals surface area contributed by atoms with Crippen molar-refractivity contribution in [3.63, 3.8) is 0 Å². The van der Waals surface area contributed by atoms with E-state index in [1.807, 2.05) is 78.9 Å². The molecule has 2 aromatic heterocycles. The van der Waals surface area contributed by atoms with Crippen molar-refractivity contribution in [2.24, 2.45) is 0 Å². The van der Waals surface area contributed by atoms with E-state index >= 15 is 0 Å². The van der Waals surface area contributed by atoms with E-state index in [0.29, 0.717) is 33.8 Å². The maximum Gasteiger partial charge on any atom is 0.265 e. The molecule has 0 spiro atoms. The maximum atomic E-state index is 14.0. The predicted molar refractivity (Wildman–Crippen MR) is 147 cm³/mol. The van der Waals surface area contributed by atoms with Crippen molar-refractivity contribution in [2.45, 2.75) is 13.8 Å². The van der Waals surface area contributed by atoms with Crippen LogP contribution in [0.1, 0.15) is 21.5 Å². The highest BCUT2D eigenvalue weighted by atomic mass is 79.9. The van der Waals surface area contributed by atoms with Gasteiger partial charge in [-0.25, -0.2) is 15.0 Å². The molecule has 0 saturated heterocycles. The SMILES string of the molecule is Cc1cc2nc(-c3ccccc3)c(-c3nc4ccccc4n3C(=O)c3ccccc3Br)nc2cc1C. The number of fused-ring (bicyclic) bond motifs is 2. The maximum absolute atomic E-state index is 14.0. The third kappa shape index (κ3) is 3.71. The van der Waals surface area contributed by atoms with E-state index in [1.165, 1.54) is 0 Å². The number of aryl methyl sites for hydroxylation is 2. The number of carbonyl (C=O) groups is 1. The van der Waals surface area contributed by atoms with Crippen LogP contribution in [0.3, 0.4) is 0 Å². The van der Waals surface area contributed by atoms with Crippen molar-refractivity contribution in [1.29, 1.82) is 0 Å². The first-order chi connectivity index (χ1) is 17.5. The molecule has 0 N–H and O–H groups in total. The van der Waals surface area contributed by atoms with Gasteiger partial charge in [-0.3, -0.25) is 9.36 Å². The summed E-state index contributed by atoms with van der Waals surface area (Å²) in [7, 11) is 0. The lowest BCUT2D eigenvalue weighted by atomic mass is 10.1. The Hall–Kier alpha value is -4.16. The highest BCUT2D eigenvalue weighted by Gasteiger charge is 2.25. The summed E-state index contributed by atoms with van der Waals surface area (Å²) in [6, 6.07) is 29.1. The summed E-state index contributed by atoms with van der Waals surface area (Å²) in [5, 5.41) is 0. The Bertz CT molecular complexity index is 1790. The molecule has 0 amide bonds. The molecule has 0 aliphatic carbocycles. The summed E-state index contributed by atoms with van der Waals surface area (Å²) < 4.78 is 2.37. The summed E-state index contributed by atoms with van der Waals surface area (Å²) in [5.74, 6) is 0.274. The monoisotopic (exact) mass is 532 g/mol. The van der Waals surface area contributed by atoms with E-state index in [2.05, 4.69) is 35.8 Å². The molecule has 0 unspecified atom stereocenters. The fourth-order valence-electron chi connectivity index (χ4n) is 4.41. The molecular formula is C30H21BrN4O. The lowest BCUT2D eigenvalue weighted by molar-refractivity contribution is 0.0965. The van der Waals surface area contributed by atoms with Gasteiger partial charge in [0.15, 0.2) is 5.82 Å². The minimum absolute atomic E-state index is 0.188. The second-order valence-electron chi connectivity index (χ2n) is 8.76. The number of rotatable bonds is 3. The number of nitrogens with zero attached hydrogens (tertiary/aromatic N) is 4. The third-order valence-corrected chi connectivity index (χ3v) is 7.10. The Kier molecular flexibility index (Phi) is 5.46. The van der Waals surface area contributed by atoms with Crippen LogP contribution in [-0.4, -0.2) is 25.4 Å². The second kappa shape index (κ2) is 8.81. The molecule has 0 atom stereocenters. The van der Waals surface area contributed by atoms with Crippen LogP contribution in [0, 0.1) is 13.8 Å². The molecule has 174 valence electrons. The molecule has 6 heteroatoms. The largest absolute Gasteiger partial charge is 0.268 e. The van der Waals surface area contributed by atoms with Gasteiger partial charge in [-0.2, -0.15) is 0 Å². The van der Waals surface area contributed by atoms with E-state index in [-0.39, 0.29) is 5.91 Å². The first kappa shape index (κ1) is 22.3. The van der Waals surface area contributed by atoms with Gasteiger partial charge in [0.2, 0.25) is 0 Å². The predicted octanol–water partition coefficient (Wildman–Crippen LogP) is 7.38. The first-order valence-electron chi connectivity index (χ1n) is 11.6. The number of aromatic nitrogens is 4. The van der Waals surface area contributed by atoms with Crippen LogP contribution in [-0.2, 0) is 0 Å². The van der Waals surface area contributed by atoms with Gasteiger partial charge in [-0.15, -0.1) is 0 Å². The summed E-state index contributed by atoms with van der Waals surface area (Å²) in [5.41, 5.74) is 7.99. The highest BCUT2D eigenvalue weighted by Crippen LogP contribution is 2.34. The Morgan fingerprint density at radius 1 is 0.694 bits per heavy atom. The fourth-order valence-corrected chi connectivity index (χ4v) is 4.86. The van der Waals surface area contributed by atoms with Crippen LogP contribution in [0.2, 0.25) is 0 Å². The van der Waals surface area contributed by atoms with Crippen molar-refractivity contribution in [3.05, 3.63) is 112 Å². The minimum atomic E-state index is -0.188. The van der Waals surface area contributed by atoms with E-state index in [1.54, 1.807) is 10.6 Å². The standard InChI is InChI=1S/C30H21BrN4O/c1-18-16-24-25(17-19(18)2)33-28(27(32-24)20-10-4-3-5-11-20)29-34-23-14-8-9-15-26(23)35(29)30(36)21-12-6-7-13-22(21)31/h3-17H,1-2H3. The van der Waals surface area contributed by atoms with Gasteiger partial charge in [-0.1, -0.05) is 54.6 Å². The summed E-state index contributed by atoms with van der Waals surface area (Å²) in [6.07, 6.45) is 0. The molecule has 0 bridgehead atoms. The molecule has 0 radical (unpaired) electrons. The lowest BCUT2D eigenvalue weighted by Crippen LogP contribution is -2.15. The zero-order chi connectivity index (χ0) is 24.8. The molecule has 36 heavy (non-hydrogen) atoms. The molecule has 0 fully saturated rings. The number of hydrogen-bond donors (Lipinski definition) is 0. The zero-order valence-corrected chi connectivity index (χ0v) is 21.3. The molecule has 0 saturated carbocycles. The van der Waals surface area contributed by atoms with Crippen molar-refractivity contribution >= 4 is 43.9 Å². The van der Waals surface area contributed by atoms with Crippen LogP contribution < -0.4 is 0 Å². The van der Waals surface area contributed by atoms with E-state index in [0.717, 1.165) is 32.2 Å². The van der Waals surface area contributed by atoms with Crippen LogP contribution in [0.15, 0.2) is 95.5 Å². The van der Waals surface area contributed by atoms with Crippen LogP contribution in [0.5, 0.6) is 0 Å². The van der Waals surface area contributed by atoms with Gasteiger partial charge in [0.1, 0.15) is 11.4 Å². The molecule has 0 aliphatic heterocycles. The van der Waals surface area contributed by atoms with Crippen LogP contribution >= 0.6 is 15.9 Å². The minimum Gasteiger partial charge on any atom is -0.268 e. The van der Waals surface area contributed by atoms with E-state index < -0.39 is 0 Å². The van der Waals surface area contributed by atoms with Crippen LogP contribution in [0.25, 0.3) is 44.8 Å². The third-order valence-electron chi connectivity index (χ3n) is 6.41.